The molecule has 0 spiro atoms. The van der Waals surface area contributed by atoms with Crippen molar-refractivity contribution in [2.24, 2.45) is 0 Å². The minimum absolute atomic E-state index is 0.00292. The van der Waals surface area contributed by atoms with Gasteiger partial charge in [-0.25, -0.2) is 0 Å². The number of nitrogens with zero attached hydrogens (tertiary/aromatic N) is 2. The van der Waals surface area contributed by atoms with Crippen LogP contribution >= 0.6 is 0 Å². The first-order chi connectivity index (χ1) is 49.6. The molecule has 8 nitrogen and oxygen atoms in total. The molecule has 8 heteroatoms. The molecule has 0 N–H and O–H groups in total. The standard InChI is InChI=1S/C93H176N2O6/c1-9-15-21-27-33-35-37-39-41-43-45-47-49-51-57-67-79-89(80-68-58-52-50-48-46-44-42-40-38-36-34-28-22-16-10-2)101-93(98)90(94(7)8)81-71-74-86-95(84-72-61-59-69-82-91(96)99-87(75-63-53-29-23-17-11-3)76-64-54-30-24-18-12-4)85-73-62-60-70-83-92(97)100-88(77-65-55-31-25-19-13-5)78-66-56-32-26-20-14-6/h33-36,39-42,87-90H,9-32,37-38,43-86H2,1-8H3/b35-33+,36-34+,41-39+,42-40+. The quantitative estimate of drug-likeness (QED) is 0.0258. The Kier molecular flexibility index (Phi) is 79.2. The Hall–Kier alpha value is -2.71. The smallest absolute Gasteiger partial charge is 0.323 e. The van der Waals surface area contributed by atoms with Gasteiger partial charge in [0, 0.05) is 12.8 Å². The maximum Gasteiger partial charge on any atom is 0.323 e. The minimum atomic E-state index is -0.237. The van der Waals surface area contributed by atoms with Crippen LogP contribution in [0, 0.1) is 0 Å². The third-order valence-corrected chi connectivity index (χ3v) is 21.2. The molecule has 0 bridgehead atoms. The molecule has 0 amide bonds. The van der Waals surface area contributed by atoms with E-state index in [4.69, 9.17) is 14.2 Å². The highest BCUT2D eigenvalue weighted by Gasteiger charge is 2.26. The number of allylic oxidation sites excluding steroid dienone is 8. The fraction of sp³-hybridized carbons (Fsp3) is 0.882. The van der Waals surface area contributed by atoms with Gasteiger partial charge in [0.2, 0.25) is 0 Å². The summed E-state index contributed by atoms with van der Waals surface area (Å²) >= 11 is 0. The van der Waals surface area contributed by atoms with E-state index in [1.165, 1.54) is 283 Å². The van der Waals surface area contributed by atoms with Gasteiger partial charge in [-0.1, -0.05) is 328 Å². The maximum absolute atomic E-state index is 14.3. The fourth-order valence-electron chi connectivity index (χ4n) is 14.4. The zero-order valence-electron chi connectivity index (χ0n) is 69.3. The van der Waals surface area contributed by atoms with E-state index in [-0.39, 0.29) is 42.3 Å². The summed E-state index contributed by atoms with van der Waals surface area (Å²) in [5.74, 6) is -0.00142. The summed E-state index contributed by atoms with van der Waals surface area (Å²) in [6, 6.07) is -0.237. The molecule has 0 fully saturated rings. The van der Waals surface area contributed by atoms with Crippen LogP contribution in [0.1, 0.15) is 472 Å². The van der Waals surface area contributed by atoms with Crippen LogP contribution in [-0.2, 0) is 28.6 Å². The molecule has 0 radical (unpaired) electrons. The molecule has 0 saturated heterocycles. The molecule has 0 aromatic heterocycles. The average Bonchev–Trinajstić information content (AvgIpc) is 0.991. The number of hydrogen-bond donors (Lipinski definition) is 0. The van der Waals surface area contributed by atoms with Gasteiger partial charge in [-0.3, -0.25) is 19.3 Å². The second-order valence-electron chi connectivity index (χ2n) is 31.4. The number of rotatable bonds is 82. The third kappa shape index (κ3) is 72.6. The van der Waals surface area contributed by atoms with Crippen molar-refractivity contribution in [2.45, 2.75) is 496 Å². The fourth-order valence-corrected chi connectivity index (χ4v) is 14.4. The number of carbonyl (C=O) groups excluding carboxylic acids is 3. The Morgan fingerprint density at radius 2 is 0.485 bits per heavy atom. The molecule has 0 aliphatic rings. The number of likely N-dealkylation sites (N-methyl/N-ethyl adjacent to an activating group) is 1. The van der Waals surface area contributed by atoms with Crippen molar-refractivity contribution in [3.05, 3.63) is 48.6 Å². The lowest BCUT2D eigenvalue weighted by molar-refractivity contribution is -0.156. The monoisotopic (exact) mass is 1420 g/mol. The Labute approximate surface area is 631 Å². The van der Waals surface area contributed by atoms with Gasteiger partial charge >= 0.3 is 17.9 Å². The minimum Gasteiger partial charge on any atom is -0.462 e. The van der Waals surface area contributed by atoms with E-state index in [0.717, 1.165) is 154 Å². The lowest BCUT2D eigenvalue weighted by Gasteiger charge is -2.27. The molecule has 0 aromatic carbocycles. The summed E-state index contributed by atoms with van der Waals surface area (Å²) in [5, 5.41) is 0. The van der Waals surface area contributed by atoms with Crippen molar-refractivity contribution in [1.29, 1.82) is 0 Å². The van der Waals surface area contributed by atoms with Gasteiger partial charge in [0.15, 0.2) is 0 Å². The number of hydrogen-bond acceptors (Lipinski definition) is 8. The van der Waals surface area contributed by atoms with E-state index in [1.54, 1.807) is 0 Å². The molecule has 0 aromatic rings. The number of esters is 3. The largest absolute Gasteiger partial charge is 0.462 e. The number of carbonyl (C=O) groups is 3. The molecule has 101 heavy (non-hydrogen) atoms. The molecule has 0 aliphatic carbocycles. The molecule has 1 atom stereocenters. The Morgan fingerprint density at radius 3 is 0.792 bits per heavy atom. The summed E-state index contributed by atoms with van der Waals surface area (Å²) in [4.78, 5) is 45.7. The molecule has 1 unspecified atom stereocenters. The van der Waals surface area contributed by atoms with E-state index in [0.29, 0.717) is 12.8 Å². The van der Waals surface area contributed by atoms with E-state index in [1.807, 2.05) is 0 Å². The first-order valence-corrected chi connectivity index (χ1v) is 45.2. The molecule has 0 saturated carbocycles. The predicted molar refractivity (Wildman–Crippen MR) is 443 cm³/mol. The van der Waals surface area contributed by atoms with Crippen molar-refractivity contribution in [3.8, 4) is 0 Å². The van der Waals surface area contributed by atoms with Crippen molar-refractivity contribution >= 4 is 17.9 Å². The highest BCUT2D eigenvalue weighted by Crippen LogP contribution is 2.24. The van der Waals surface area contributed by atoms with Crippen LogP contribution in [0.4, 0.5) is 0 Å². The Bertz CT molecular complexity index is 1680. The van der Waals surface area contributed by atoms with Crippen molar-refractivity contribution in [2.75, 3.05) is 33.7 Å². The molecule has 0 rings (SSSR count). The summed E-state index contributed by atoms with van der Waals surface area (Å²) < 4.78 is 19.0. The summed E-state index contributed by atoms with van der Waals surface area (Å²) in [6.07, 6.45) is 97.5. The highest BCUT2D eigenvalue weighted by molar-refractivity contribution is 5.76. The lowest BCUT2D eigenvalue weighted by Crippen LogP contribution is -2.39. The van der Waals surface area contributed by atoms with Crippen LogP contribution in [0.2, 0.25) is 0 Å². The summed E-state index contributed by atoms with van der Waals surface area (Å²) in [5.41, 5.74) is 0. The zero-order valence-corrected chi connectivity index (χ0v) is 69.3. The van der Waals surface area contributed by atoms with E-state index in [9.17, 15) is 14.4 Å². The van der Waals surface area contributed by atoms with E-state index in [2.05, 4.69) is 114 Å². The van der Waals surface area contributed by atoms with Crippen molar-refractivity contribution in [3.63, 3.8) is 0 Å². The van der Waals surface area contributed by atoms with Crippen molar-refractivity contribution < 1.29 is 28.6 Å². The summed E-state index contributed by atoms with van der Waals surface area (Å²) in [7, 11) is 4.13. The normalized spacial score (nSPS) is 12.5. The molecule has 594 valence electrons. The average molecular weight is 1420 g/mol. The second kappa shape index (κ2) is 81.4. The lowest BCUT2D eigenvalue weighted by atomic mass is 10.0. The van der Waals surface area contributed by atoms with Crippen LogP contribution in [-0.4, -0.2) is 85.8 Å². The second-order valence-corrected chi connectivity index (χ2v) is 31.4. The third-order valence-electron chi connectivity index (χ3n) is 21.2. The van der Waals surface area contributed by atoms with Gasteiger partial charge in [0.25, 0.3) is 0 Å². The van der Waals surface area contributed by atoms with Crippen LogP contribution in [0.15, 0.2) is 48.6 Å². The van der Waals surface area contributed by atoms with Crippen LogP contribution in [0.25, 0.3) is 0 Å². The molecular formula is C93H176N2O6. The van der Waals surface area contributed by atoms with Crippen LogP contribution in [0.5, 0.6) is 0 Å². The molecule has 0 heterocycles. The van der Waals surface area contributed by atoms with Gasteiger partial charge in [-0.15, -0.1) is 0 Å². The molecular weight excluding hydrogens is 1240 g/mol. The Balaban J connectivity index is 5.74. The summed E-state index contributed by atoms with van der Waals surface area (Å²) in [6.45, 7) is 16.8. The van der Waals surface area contributed by atoms with Crippen LogP contribution < -0.4 is 0 Å². The van der Waals surface area contributed by atoms with E-state index < -0.39 is 0 Å². The van der Waals surface area contributed by atoms with Gasteiger partial charge in [-0.2, -0.15) is 0 Å². The highest BCUT2D eigenvalue weighted by atomic mass is 16.6. The zero-order chi connectivity index (χ0) is 73.5. The van der Waals surface area contributed by atoms with E-state index >= 15 is 0 Å². The maximum atomic E-state index is 14.3. The number of ether oxygens (including phenoxy) is 3. The van der Waals surface area contributed by atoms with Crippen LogP contribution in [0.3, 0.4) is 0 Å². The Morgan fingerprint density at radius 1 is 0.257 bits per heavy atom. The first-order valence-electron chi connectivity index (χ1n) is 45.2. The van der Waals surface area contributed by atoms with Gasteiger partial charge in [-0.05, 0) is 214 Å². The number of unbranched alkanes of at least 4 members (excludes halogenated alkanes) is 45. The predicted octanol–water partition coefficient (Wildman–Crippen LogP) is 29.4. The van der Waals surface area contributed by atoms with Crippen molar-refractivity contribution in [1.82, 2.24) is 9.80 Å². The van der Waals surface area contributed by atoms with Gasteiger partial charge in [0.05, 0.1) is 0 Å². The SMILES string of the molecule is CCCCC/C=C/C/C=C/CCCCCCCCC(CCCCCCCC/C=C/C/C=C/CCCCC)OC(=O)C(CCCCN(CCCCCCC(=O)OC(CCCCCCCC)CCCCCCCC)CCCCCCC(=O)OC(CCCCCCCC)CCCCCCCC)N(C)C. The molecule has 0 aliphatic heterocycles. The van der Waals surface area contributed by atoms with Gasteiger partial charge < -0.3 is 19.1 Å². The first kappa shape index (κ1) is 98.3. The van der Waals surface area contributed by atoms with Gasteiger partial charge in [0.1, 0.15) is 24.4 Å². The topological polar surface area (TPSA) is 85.4 Å².